The van der Waals surface area contributed by atoms with Crippen molar-refractivity contribution in [3.05, 3.63) is 36.1 Å². The molecule has 3 rings (SSSR count). The Morgan fingerprint density at radius 3 is 2.75 bits per heavy atom. The number of para-hydroxylation sites is 1. The Kier molecular flexibility index (Phi) is 5.32. The minimum atomic E-state index is -0.338. The maximum absolute atomic E-state index is 11.9. The number of rotatable bonds is 5. The van der Waals surface area contributed by atoms with Crippen LogP contribution < -0.4 is 16.0 Å². The minimum Gasteiger partial charge on any atom is -0.461 e. The van der Waals surface area contributed by atoms with Gasteiger partial charge in [-0.05, 0) is 12.1 Å². The largest absolute Gasteiger partial charge is 0.461 e. The van der Waals surface area contributed by atoms with E-state index in [1.54, 1.807) is 4.90 Å². The van der Waals surface area contributed by atoms with Gasteiger partial charge in [0.25, 0.3) is 0 Å². The second-order valence-electron chi connectivity index (χ2n) is 5.74. The van der Waals surface area contributed by atoms with Crippen LogP contribution in [0.1, 0.15) is 5.76 Å². The van der Waals surface area contributed by atoms with Gasteiger partial charge in [0.1, 0.15) is 11.3 Å². The zero-order chi connectivity index (χ0) is 16.8. The Balaban J connectivity index is 1.37. The number of nitrogens with one attached hydrogen (secondary N) is 3. The van der Waals surface area contributed by atoms with Crippen molar-refractivity contribution in [2.45, 2.75) is 6.42 Å². The van der Waals surface area contributed by atoms with Crippen molar-refractivity contribution in [1.82, 2.24) is 20.9 Å². The average Bonchev–Trinajstić information content (AvgIpc) is 3.03. The maximum atomic E-state index is 11.9. The molecule has 24 heavy (non-hydrogen) atoms. The predicted molar refractivity (Wildman–Crippen MR) is 90.8 cm³/mol. The molecule has 1 aliphatic rings. The Hall–Kier alpha value is -2.54. The summed E-state index contributed by atoms with van der Waals surface area (Å²) in [6.07, 6.45) is 0.605. The van der Waals surface area contributed by atoms with Crippen LogP contribution in [-0.2, 0) is 11.2 Å². The molecule has 0 bridgehead atoms. The van der Waals surface area contributed by atoms with Gasteiger partial charge in [-0.15, -0.1) is 0 Å². The maximum Gasteiger partial charge on any atom is 0.315 e. The molecular weight excluding hydrogens is 308 g/mol. The molecule has 0 atom stereocenters. The van der Waals surface area contributed by atoms with Crippen LogP contribution >= 0.6 is 0 Å². The van der Waals surface area contributed by atoms with Gasteiger partial charge >= 0.3 is 6.03 Å². The van der Waals surface area contributed by atoms with Crippen molar-refractivity contribution in [2.75, 3.05) is 39.3 Å². The summed E-state index contributed by atoms with van der Waals surface area (Å²) in [6.45, 7) is 3.46. The Bertz CT molecular complexity index is 674. The molecule has 7 nitrogen and oxygen atoms in total. The lowest BCUT2D eigenvalue weighted by atomic mass is 10.2. The van der Waals surface area contributed by atoms with Crippen molar-refractivity contribution in [1.29, 1.82) is 0 Å². The molecule has 3 amide bonds. The number of nitrogens with zero attached hydrogens (tertiary/aromatic N) is 1. The SMILES string of the molecule is O=C(NCCc1cc2ccccc2o1)NCC(=O)N1CCNCC1. The number of furan rings is 1. The zero-order valence-corrected chi connectivity index (χ0v) is 13.5. The van der Waals surface area contributed by atoms with Crippen molar-refractivity contribution >= 4 is 22.9 Å². The summed E-state index contributed by atoms with van der Waals surface area (Å²) in [5, 5.41) is 9.58. The van der Waals surface area contributed by atoms with Crippen molar-refractivity contribution in [2.24, 2.45) is 0 Å². The van der Waals surface area contributed by atoms with Crippen molar-refractivity contribution in [3.63, 3.8) is 0 Å². The fourth-order valence-electron chi connectivity index (χ4n) is 2.70. The van der Waals surface area contributed by atoms with E-state index >= 15 is 0 Å². The highest BCUT2D eigenvalue weighted by Crippen LogP contribution is 2.18. The Morgan fingerprint density at radius 2 is 1.96 bits per heavy atom. The Labute approximate surface area is 140 Å². The zero-order valence-electron chi connectivity index (χ0n) is 13.5. The molecule has 0 spiro atoms. The highest BCUT2D eigenvalue weighted by Gasteiger charge is 2.16. The first-order valence-corrected chi connectivity index (χ1v) is 8.20. The third-order valence-corrected chi connectivity index (χ3v) is 4.00. The summed E-state index contributed by atoms with van der Waals surface area (Å²) >= 11 is 0. The topological polar surface area (TPSA) is 86.6 Å². The molecule has 1 aromatic heterocycles. The van der Waals surface area contributed by atoms with Crippen LogP contribution in [-0.4, -0.2) is 56.1 Å². The van der Waals surface area contributed by atoms with Crippen molar-refractivity contribution < 1.29 is 14.0 Å². The molecule has 0 aliphatic carbocycles. The molecule has 0 unspecified atom stereocenters. The van der Waals surface area contributed by atoms with Gasteiger partial charge in [0.05, 0.1) is 6.54 Å². The molecule has 1 saturated heterocycles. The third kappa shape index (κ3) is 4.26. The second kappa shape index (κ2) is 7.83. The van der Waals surface area contributed by atoms with Crippen LogP contribution in [0.25, 0.3) is 11.0 Å². The van der Waals surface area contributed by atoms with Gasteiger partial charge < -0.3 is 25.3 Å². The summed E-state index contributed by atoms with van der Waals surface area (Å²) in [6, 6.07) is 9.43. The van der Waals surface area contributed by atoms with Gasteiger partial charge in [0, 0.05) is 44.5 Å². The number of fused-ring (bicyclic) bond motifs is 1. The summed E-state index contributed by atoms with van der Waals surface area (Å²) in [5.41, 5.74) is 0.846. The summed E-state index contributed by atoms with van der Waals surface area (Å²) in [4.78, 5) is 25.4. The van der Waals surface area contributed by atoms with E-state index in [1.165, 1.54) is 0 Å². The molecule has 3 N–H and O–H groups in total. The number of piperazine rings is 1. The average molecular weight is 330 g/mol. The van der Waals surface area contributed by atoms with E-state index in [4.69, 9.17) is 4.42 Å². The molecule has 1 aliphatic heterocycles. The monoisotopic (exact) mass is 330 g/mol. The molecule has 2 heterocycles. The second-order valence-corrected chi connectivity index (χ2v) is 5.74. The molecule has 2 aromatic rings. The van der Waals surface area contributed by atoms with E-state index in [0.717, 1.165) is 29.8 Å². The lowest BCUT2D eigenvalue weighted by Crippen LogP contribution is -2.50. The van der Waals surface area contributed by atoms with Gasteiger partial charge in [-0.1, -0.05) is 18.2 Å². The Morgan fingerprint density at radius 1 is 1.17 bits per heavy atom. The van der Waals surface area contributed by atoms with E-state index < -0.39 is 0 Å². The van der Waals surface area contributed by atoms with E-state index in [2.05, 4.69) is 16.0 Å². The van der Waals surface area contributed by atoms with E-state index in [9.17, 15) is 9.59 Å². The fraction of sp³-hybridized carbons (Fsp3) is 0.412. The summed E-state index contributed by atoms with van der Waals surface area (Å²) in [5.74, 6) is 0.775. The first-order chi connectivity index (χ1) is 11.7. The first kappa shape index (κ1) is 16.3. The number of carbonyl (C=O) groups is 2. The van der Waals surface area contributed by atoms with Crippen LogP contribution in [0.5, 0.6) is 0 Å². The van der Waals surface area contributed by atoms with Crippen LogP contribution in [0.4, 0.5) is 4.79 Å². The molecular formula is C17H22N4O3. The first-order valence-electron chi connectivity index (χ1n) is 8.20. The highest BCUT2D eigenvalue weighted by molar-refractivity contribution is 5.84. The van der Waals surface area contributed by atoms with Gasteiger partial charge in [0.15, 0.2) is 0 Å². The number of hydrogen-bond acceptors (Lipinski definition) is 4. The third-order valence-electron chi connectivity index (χ3n) is 4.00. The highest BCUT2D eigenvalue weighted by atomic mass is 16.3. The van der Waals surface area contributed by atoms with Gasteiger partial charge in [0.2, 0.25) is 5.91 Å². The van der Waals surface area contributed by atoms with Gasteiger partial charge in [-0.25, -0.2) is 4.79 Å². The van der Waals surface area contributed by atoms with Gasteiger partial charge in [-0.3, -0.25) is 4.79 Å². The summed E-state index contributed by atoms with van der Waals surface area (Å²) in [7, 11) is 0. The van der Waals surface area contributed by atoms with Crippen molar-refractivity contribution in [3.8, 4) is 0 Å². The van der Waals surface area contributed by atoms with Gasteiger partial charge in [-0.2, -0.15) is 0 Å². The molecule has 0 radical (unpaired) electrons. The number of urea groups is 1. The predicted octanol–water partition coefficient (Wildman–Crippen LogP) is 0.706. The molecule has 7 heteroatoms. The lowest BCUT2D eigenvalue weighted by Gasteiger charge is -2.27. The number of amides is 3. The normalized spacial score (nSPS) is 14.6. The lowest BCUT2D eigenvalue weighted by molar-refractivity contribution is -0.130. The number of carbonyl (C=O) groups excluding carboxylic acids is 2. The summed E-state index contributed by atoms with van der Waals surface area (Å²) < 4.78 is 5.69. The molecule has 1 fully saturated rings. The number of hydrogen-bond donors (Lipinski definition) is 3. The van der Waals surface area contributed by atoms with Crippen LogP contribution in [0.15, 0.2) is 34.7 Å². The van der Waals surface area contributed by atoms with Crippen LogP contribution in [0.3, 0.4) is 0 Å². The number of benzene rings is 1. The van der Waals surface area contributed by atoms with E-state index in [0.29, 0.717) is 26.1 Å². The van der Waals surface area contributed by atoms with E-state index in [-0.39, 0.29) is 18.5 Å². The quantitative estimate of drug-likeness (QED) is 0.753. The standard InChI is InChI=1S/C17H22N4O3/c22-16(21-9-7-18-8-10-21)12-20-17(23)19-6-5-14-11-13-3-1-2-4-15(13)24-14/h1-4,11,18H,5-10,12H2,(H2,19,20,23). The van der Waals surface area contributed by atoms with Crippen LogP contribution in [0.2, 0.25) is 0 Å². The van der Waals surface area contributed by atoms with E-state index in [1.807, 2.05) is 30.3 Å². The molecule has 0 saturated carbocycles. The smallest absolute Gasteiger partial charge is 0.315 e. The van der Waals surface area contributed by atoms with Crippen LogP contribution in [0, 0.1) is 0 Å². The molecule has 128 valence electrons. The fourth-order valence-corrected chi connectivity index (χ4v) is 2.70. The molecule has 1 aromatic carbocycles. The minimum absolute atomic E-state index is 0.0243.